The second-order valence-corrected chi connectivity index (χ2v) is 4.67. The van der Waals surface area contributed by atoms with Gasteiger partial charge in [-0.3, -0.25) is 0 Å². The summed E-state index contributed by atoms with van der Waals surface area (Å²) in [6, 6.07) is 8.09. The lowest BCUT2D eigenvalue weighted by molar-refractivity contribution is -0.0126. The normalized spacial score (nSPS) is 26.2. The second kappa shape index (κ2) is 5.38. The van der Waals surface area contributed by atoms with Crippen molar-refractivity contribution in [2.75, 3.05) is 11.9 Å². The third kappa shape index (κ3) is 2.33. The third-order valence-corrected chi connectivity index (χ3v) is 3.45. The average molecular weight is 245 g/mol. The fourth-order valence-corrected chi connectivity index (χ4v) is 2.35. The van der Waals surface area contributed by atoms with E-state index < -0.39 is 0 Å². The molecule has 0 aliphatic heterocycles. The van der Waals surface area contributed by atoms with Crippen molar-refractivity contribution in [3.05, 3.63) is 29.3 Å². The zero-order valence-electron chi connectivity index (χ0n) is 10.8. The number of nitriles is 1. The largest absolute Gasteiger partial charge is 0.377 e. The van der Waals surface area contributed by atoms with Gasteiger partial charge in [0.05, 0.1) is 23.4 Å². The van der Waals surface area contributed by atoms with Crippen molar-refractivity contribution in [2.45, 2.75) is 38.5 Å². The van der Waals surface area contributed by atoms with Gasteiger partial charge in [0.25, 0.3) is 0 Å². The summed E-state index contributed by atoms with van der Waals surface area (Å²) in [5, 5.41) is 12.5. The van der Waals surface area contributed by atoms with Crippen LogP contribution in [0.25, 0.3) is 0 Å². The first kappa shape index (κ1) is 12.9. The van der Waals surface area contributed by atoms with Crippen LogP contribution in [-0.2, 0) is 4.74 Å². The number of hydrogen-bond acceptors (Lipinski definition) is 4. The van der Waals surface area contributed by atoms with E-state index in [0.29, 0.717) is 12.2 Å². The molecule has 0 amide bonds. The minimum atomic E-state index is 0.0905. The van der Waals surface area contributed by atoms with E-state index in [2.05, 4.69) is 11.4 Å². The minimum absolute atomic E-state index is 0.0905. The van der Waals surface area contributed by atoms with Crippen LogP contribution < -0.4 is 11.1 Å². The molecule has 3 atom stereocenters. The molecule has 4 heteroatoms. The number of para-hydroxylation sites is 1. The van der Waals surface area contributed by atoms with Gasteiger partial charge in [0, 0.05) is 12.6 Å². The molecule has 3 unspecified atom stereocenters. The summed E-state index contributed by atoms with van der Waals surface area (Å²) in [5.74, 6) is 0. The lowest BCUT2D eigenvalue weighted by Crippen LogP contribution is -2.60. The maximum Gasteiger partial charge on any atom is 0.101 e. The molecule has 0 radical (unpaired) electrons. The Balaban J connectivity index is 2.16. The minimum Gasteiger partial charge on any atom is -0.377 e. The lowest BCUT2D eigenvalue weighted by Gasteiger charge is -2.43. The van der Waals surface area contributed by atoms with Gasteiger partial charge in [-0.15, -0.1) is 0 Å². The van der Waals surface area contributed by atoms with Gasteiger partial charge in [-0.25, -0.2) is 0 Å². The van der Waals surface area contributed by atoms with Gasteiger partial charge >= 0.3 is 0 Å². The van der Waals surface area contributed by atoms with Gasteiger partial charge in [-0.05, 0) is 31.9 Å². The van der Waals surface area contributed by atoms with Crippen molar-refractivity contribution in [3.8, 4) is 6.07 Å². The molecular weight excluding hydrogens is 226 g/mol. The van der Waals surface area contributed by atoms with Crippen molar-refractivity contribution in [3.63, 3.8) is 0 Å². The van der Waals surface area contributed by atoms with Crippen LogP contribution in [0.2, 0.25) is 0 Å². The average Bonchev–Trinajstić information content (AvgIpc) is 2.36. The van der Waals surface area contributed by atoms with E-state index in [4.69, 9.17) is 15.7 Å². The zero-order valence-corrected chi connectivity index (χ0v) is 10.8. The van der Waals surface area contributed by atoms with Crippen LogP contribution in [-0.4, -0.2) is 24.8 Å². The predicted octanol–water partition coefficient (Wildman–Crippen LogP) is 1.78. The van der Waals surface area contributed by atoms with Crippen LogP contribution in [0.5, 0.6) is 0 Å². The van der Waals surface area contributed by atoms with Crippen molar-refractivity contribution in [1.29, 1.82) is 5.26 Å². The Morgan fingerprint density at radius 2 is 2.33 bits per heavy atom. The van der Waals surface area contributed by atoms with E-state index in [1.54, 1.807) is 0 Å². The lowest BCUT2D eigenvalue weighted by atomic mass is 9.83. The Labute approximate surface area is 108 Å². The predicted molar refractivity (Wildman–Crippen MR) is 71.3 cm³/mol. The molecule has 0 aromatic heterocycles. The van der Waals surface area contributed by atoms with Crippen molar-refractivity contribution >= 4 is 5.69 Å². The Bertz CT molecular complexity index is 465. The van der Waals surface area contributed by atoms with Crippen LogP contribution in [0.3, 0.4) is 0 Å². The van der Waals surface area contributed by atoms with E-state index >= 15 is 0 Å². The topological polar surface area (TPSA) is 71.1 Å². The number of aryl methyl sites for hydroxylation is 1. The maximum atomic E-state index is 9.13. The third-order valence-electron chi connectivity index (χ3n) is 3.45. The number of ether oxygens (including phenoxy) is 1. The number of hydrogen-bond donors (Lipinski definition) is 2. The molecule has 4 nitrogen and oxygen atoms in total. The molecular formula is C14H19N3O. The van der Waals surface area contributed by atoms with E-state index in [1.807, 2.05) is 32.0 Å². The Morgan fingerprint density at radius 1 is 1.56 bits per heavy atom. The summed E-state index contributed by atoms with van der Waals surface area (Å²) in [5.41, 5.74) is 8.60. The molecule has 96 valence electrons. The molecule has 1 aromatic rings. The van der Waals surface area contributed by atoms with E-state index in [0.717, 1.165) is 17.7 Å². The first-order valence-corrected chi connectivity index (χ1v) is 6.30. The maximum absolute atomic E-state index is 9.13. The first-order valence-electron chi connectivity index (χ1n) is 6.30. The number of rotatable bonds is 4. The summed E-state index contributed by atoms with van der Waals surface area (Å²) < 4.78 is 5.62. The SMILES string of the molecule is CCOC1CC(N)C1Nc1c(C)cccc1C#N. The molecule has 0 saturated heterocycles. The van der Waals surface area contributed by atoms with Gasteiger partial charge in [0.15, 0.2) is 0 Å². The van der Waals surface area contributed by atoms with E-state index in [-0.39, 0.29) is 18.2 Å². The molecule has 1 saturated carbocycles. The highest BCUT2D eigenvalue weighted by atomic mass is 16.5. The van der Waals surface area contributed by atoms with E-state index in [9.17, 15) is 0 Å². The fourth-order valence-electron chi connectivity index (χ4n) is 2.35. The van der Waals surface area contributed by atoms with Crippen LogP contribution in [0.4, 0.5) is 5.69 Å². The number of anilines is 1. The molecule has 0 spiro atoms. The van der Waals surface area contributed by atoms with Crippen molar-refractivity contribution < 1.29 is 4.74 Å². The number of nitrogens with one attached hydrogen (secondary N) is 1. The summed E-state index contributed by atoms with van der Waals surface area (Å²) >= 11 is 0. The second-order valence-electron chi connectivity index (χ2n) is 4.67. The highest BCUT2D eigenvalue weighted by Gasteiger charge is 2.39. The van der Waals surface area contributed by atoms with Crippen LogP contribution in [0.1, 0.15) is 24.5 Å². The highest BCUT2D eigenvalue weighted by Crippen LogP contribution is 2.29. The fraction of sp³-hybridized carbons (Fsp3) is 0.500. The van der Waals surface area contributed by atoms with Gasteiger partial charge in [-0.1, -0.05) is 12.1 Å². The Kier molecular flexibility index (Phi) is 3.85. The first-order chi connectivity index (χ1) is 8.67. The zero-order chi connectivity index (χ0) is 13.1. The number of nitrogens with two attached hydrogens (primary N) is 1. The van der Waals surface area contributed by atoms with Crippen LogP contribution >= 0.6 is 0 Å². The molecule has 0 heterocycles. The van der Waals surface area contributed by atoms with E-state index in [1.165, 1.54) is 0 Å². The van der Waals surface area contributed by atoms with Gasteiger partial charge < -0.3 is 15.8 Å². The van der Waals surface area contributed by atoms with Crippen LogP contribution in [0.15, 0.2) is 18.2 Å². The van der Waals surface area contributed by atoms with Crippen molar-refractivity contribution in [1.82, 2.24) is 0 Å². The standard InChI is InChI=1S/C14H19N3O/c1-3-18-12-7-11(16)14(12)17-13-9(2)5-4-6-10(13)8-15/h4-6,11-12,14,17H,3,7,16H2,1-2H3. The monoisotopic (exact) mass is 245 g/mol. The summed E-state index contributed by atoms with van der Waals surface area (Å²) in [7, 11) is 0. The summed E-state index contributed by atoms with van der Waals surface area (Å²) in [4.78, 5) is 0. The molecule has 0 bridgehead atoms. The molecule has 1 fully saturated rings. The summed E-state index contributed by atoms with van der Waals surface area (Å²) in [6.07, 6.45) is 1.02. The van der Waals surface area contributed by atoms with Gasteiger partial charge in [0.2, 0.25) is 0 Å². The number of nitrogens with zero attached hydrogens (tertiary/aromatic N) is 1. The molecule has 18 heavy (non-hydrogen) atoms. The Hall–Kier alpha value is -1.57. The van der Waals surface area contributed by atoms with Gasteiger partial charge in [0.1, 0.15) is 6.07 Å². The highest BCUT2D eigenvalue weighted by molar-refractivity contribution is 5.63. The molecule has 3 N–H and O–H groups in total. The Morgan fingerprint density at radius 3 is 2.94 bits per heavy atom. The molecule has 1 aliphatic carbocycles. The van der Waals surface area contributed by atoms with Gasteiger partial charge in [-0.2, -0.15) is 5.26 Å². The smallest absolute Gasteiger partial charge is 0.101 e. The quantitative estimate of drug-likeness (QED) is 0.848. The van der Waals surface area contributed by atoms with Crippen LogP contribution in [0, 0.1) is 18.3 Å². The molecule has 1 aliphatic rings. The number of benzene rings is 1. The summed E-state index contributed by atoms with van der Waals surface area (Å²) in [6.45, 7) is 4.66. The molecule has 2 rings (SSSR count). The molecule has 1 aromatic carbocycles. The van der Waals surface area contributed by atoms with Crippen molar-refractivity contribution in [2.24, 2.45) is 5.73 Å².